The maximum absolute atomic E-state index is 10.4. The standard InChI is InChI=1S/C17H23NO2/c1-13-2-4-15(5-3-13)12-18-16-9-6-14(7-10-16)8-11-17(19)20/h6-11,13,15,18H,2-5,12H2,1H3,(H,19,20). The van der Waals surface area contributed by atoms with Gasteiger partial charge in [-0.3, -0.25) is 0 Å². The second-order valence-electron chi connectivity index (χ2n) is 5.80. The quantitative estimate of drug-likeness (QED) is 0.796. The molecule has 0 unspecified atom stereocenters. The number of carboxylic acids is 1. The molecule has 3 nitrogen and oxygen atoms in total. The molecule has 108 valence electrons. The van der Waals surface area contributed by atoms with Crippen molar-refractivity contribution in [1.29, 1.82) is 0 Å². The number of carboxylic acid groups (broad SMARTS) is 1. The molecule has 1 aliphatic rings. The maximum atomic E-state index is 10.4. The van der Waals surface area contributed by atoms with Crippen molar-refractivity contribution in [3.8, 4) is 0 Å². The van der Waals surface area contributed by atoms with E-state index in [4.69, 9.17) is 5.11 Å². The molecule has 2 N–H and O–H groups in total. The lowest BCUT2D eigenvalue weighted by Crippen LogP contribution is -2.20. The molecule has 0 bridgehead atoms. The normalized spacial score (nSPS) is 22.9. The summed E-state index contributed by atoms with van der Waals surface area (Å²) in [6.45, 7) is 3.38. The van der Waals surface area contributed by atoms with Crippen LogP contribution in [-0.4, -0.2) is 17.6 Å². The molecule has 0 spiro atoms. The van der Waals surface area contributed by atoms with Gasteiger partial charge in [0.2, 0.25) is 0 Å². The number of anilines is 1. The molecule has 1 aliphatic carbocycles. The number of rotatable bonds is 5. The van der Waals surface area contributed by atoms with Gasteiger partial charge in [0, 0.05) is 18.3 Å². The van der Waals surface area contributed by atoms with E-state index < -0.39 is 5.97 Å². The van der Waals surface area contributed by atoms with Crippen molar-refractivity contribution in [2.24, 2.45) is 11.8 Å². The lowest BCUT2D eigenvalue weighted by atomic mass is 9.83. The van der Waals surface area contributed by atoms with Gasteiger partial charge >= 0.3 is 5.97 Å². The van der Waals surface area contributed by atoms with Crippen LogP contribution in [0.3, 0.4) is 0 Å². The zero-order valence-electron chi connectivity index (χ0n) is 12.0. The molecule has 2 rings (SSSR count). The predicted octanol–water partition coefficient (Wildman–Crippen LogP) is 4.02. The van der Waals surface area contributed by atoms with Crippen LogP contribution >= 0.6 is 0 Å². The Balaban J connectivity index is 1.80. The zero-order chi connectivity index (χ0) is 14.4. The highest BCUT2D eigenvalue weighted by atomic mass is 16.4. The van der Waals surface area contributed by atoms with Gasteiger partial charge in [-0.15, -0.1) is 0 Å². The molecule has 0 aromatic heterocycles. The first-order valence-corrected chi connectivity index (χ1v) is 7.38. The second kappa shape index (κ2) is 7.13. The lowest BCUT2D eigenvalue weighted by molar-refractivity contribution is -0.131. The SMILES string of the molecule is CC1CCC(CNc2ccc(C=CC(=O)O)cc2)CC1. The van der Waals surface area contributed by atoms with E-state index in [9.17, 15) is 4.79 Å². The first-order valence-electron chi connectivity index (χ1n) is 7.38. The Morgan fingerprint density at radius 1 is 1.25 bits per heavy atom. The van der Waals surface area contributed by atoms with E-state index in [0.717, 1.165) is 35.7 Å². The van der Waals surface area contributed by atoms with E-state index in [0.29, 0.717) is 0 Å². The fourth-order valence-electron chi connectivity index (χ4n) is 2.68. The van der Waals surface area contributed by atoms with Crippen molar-refractivity contribution in [3.05, 3.63) is 35.9 Å². The van der Waals surface area contributed by atoms with E-state index in [1.165, 1.54) is 25.7 Å². The molecule has 0 amide bonds. The summed E-state index contributed by atoms with van der Waals surface area (Å²) in [6, 6.07) is 7.88. The average Bonchev–Trinajstić information content (AvgIpc) is 2.45. The molecular formula is C17H23NO2. The molecule has 0 atom stereocenters. The molecular weight excluding hydrogens is 250 g/mol. The molecule has 0 radical (unpaired) electrons. The summed E-state index contributed by atoms with van der Waals surface area (Å²) in [5, 5.41) is 12.1. The van der Waals surface area contributed by atoms with Crippen LogP contribution in [0.15, 0.2) is 30.3 Å². The number of carbonyl (C=O) groups is 1. The van der Waals surface area contributed by atoms with E-state index in [2.05, 4.69) is 12.2 Å². The molecule has 1 aromatic carbocycles. The Hall–Kier alpha value is -1.77. The monoisotopic (exact) mass is 273 g/mol. The maximum Gasteiger partial charge on any atom is 0.328 e. The molecule has 1 fully saturated rings. The summed E-state index contributed by atoms with van der Waals surface area (Å²) >= 11 is 0. The van der Waals surface area contributed by atoms with Crippen LogP contribution in [-0.2, 0) is 4.79 Å². The average molecular weight is 273 g/mol. The highest BCUT2D eigenvalue weighted by Crippen LogP contribution is 2.28. The van der Waals surface area contributed by atoms with Crippen LogP contribution < -0.4 is 5.32 Å². The minimum absolute atomic E-state index is 0.790. The first-order chi connectivity index (χ1) is 9.63. The van der Waals surface area contributed by atoms with Crippen molar-refractivity contribution in [2.45, 2.75) is 32.6 Å². The minimum atomic E-state index is -0.918. The van der Waals surface area contributed by atoms with Crippen molar-refractivity contribution >= 4 is 17.7 Å². The van der Waals surface area contributed by atoms with Crippen LogP contribution in [0.5, 0.6) is 0 Å². The number of hydrogen-bond donors (Lipinski definition) is 2. The van der Waals surface area contributed by atoms with Gasteiger partial charge in [-0.2, -0.15) is 0 Å². The summed E-state index contributed by atoms with van der Waals surface area (Å²) in [5.41, 5.74) is 2.01. The van der Waals surface area contributed by atoms with Gasteiger partial charge in [-0.25, -0.2) is 4.79 Å². The van der Waals surface area contributed by atoms with Gasteiger partial charge < -0.3 is 10.4 Å². The third kappa shape index (κ3) is 4.72. The minimum Gasteiger partial charge on any atom is -0.478 e. The molecule has 20 heavy (non-hydrogen) atoms. The molecule has 1 saturated carbocycles. The van der Waals surface area contributed by atoms with E-state index in [1.54, 1.807) is 6.08 Å². The Kier molecular flexibility index (Phi) is 5.22. The third-order valence-corrected chi connectivity index (χ3v) is 4.06. The van der Waals surface area contributed by atoms with Crippen molar-refractivity contribution in [3.63, 3.8) is 0 Å². The van der Waals surface area contributed by atoms with E-state index in [-0.39, 0.29) is 0 Å². The summed E-state index contributed by atoms with van der Waals surface area (Å²) in [5.74, 6) is 0.767. The number of nitrogens with one attached hydrogen (secondary N) is 1. The van der Waals surface area contributed by atoms with E-state index >= 15 is 0 Å². The van der Waals surface area contributed by atoms with Gasteiger partial charge in [-0.1, -0.05) is 31.9 Å². The molecule has 3 heteroatoms. The van der Waals surface area contributed by atoms with E-state index in [1.807, 2.05) is 24.3 Å². The molecule has 0 saturated heterocycles. The number of hydrogen-bond acceptors (Lipinski definition) is 2. The third-order valence-electron chi connectivity index (χ3n) is 4.06. The van der Waals surface area contributed by atoms with Gasteiger partial charge in [0.15, 0.2) is 0 Å². The Bertz CT molecular complexity index is 456. The fraction of sp³-hybridized carbons (Fsp3) is 0.471. The van der Waals surface area contributed by atoms with Gasteiger partial charge in [0.25, 0.3) is 0 Å². The zero-order valence-corrected chi connectivity index (χ0v) is 12.0. The van der Waals surface area contributed by atoms with Crippen LogP contribution in [0.1, 0.15) is 38.2 Å². The Labute approximate surface area is 120 Å². The van der Waals surface area contributed by atoms with Crippen molar-refractivity contribution in [2.75, 3.05) is 11.9 Å². The predicted molar refractivity (Wildman–Crippen MR) is 82.7 cm³/mol. The fourth-order valence-corrected chi connectivity index (χ4v) is 2.68. The smallest absolute Gasteiger partial charge is 0.328 e. The summed E-state index contributed by atoms with van der Waals surface area (Å²) < 4.78 is 0. The lowest BCUT2D eigenvalue weighted by Gasteiger charge is -2.26. The molecule has 1 aromatic rings. The van der Waals surface area contributed by atoms with Crippen LogP contribution in [0.25, 0.3) is 6.08 Å². The van der Waals surface area contributed by atoms with Gasteiger partial charge in [-0.05, 0) is 48.4 Å². The Morgan fingerprint density at radius 3 is 2.50 bits per heavy atom. The van der Waals surface area contributed by atoms with Crippen LogP contribution in [0, 0.1) is 11.8 Å². The van der Waals surface area contributed by atoms with Crippen molar-refractivity contribution < 1.29 is 9.90 Å². The van der Waals surface area contributed by atoms with Crippen LogP contribution in [0.4, 0.5) is 5.69 Å². The largest absolute Gasteiger partial charge is 0.478 e. The highest BCUT2D eigenvalue weighted by molar-refractivity contribution is 5.85. The molecule has 0 aliphatic heterocycles. The Morgan fingerprint density at radius 2 is 1.90 bits per heavy atom. The summed E-state index contributed by atoms with van der Waals surface area (Å²) in [6.07, 6.45) is 8.12. The van der Waals surface area contributed by atoms with Crippen LogP contribution in [0.2, 0.25) is 0 Å². The van der Waals surface area contributed by atoms with Gasteiger partial charge in [0.1, 0.15) is 0 Å². The molecule has 0 heterocycles. The summed E-state index contributed by atoms with van der Waals surface area (Å²) in [4.78, 5) is 10.4. The second-order valence-corrected chi connectivity index (χ2v) is 5.80. The number of benzene rings is 1. The number of aliphatic carboxylic acids is 1. The van der Waals surface area contributed by atoms with Crippen molar-refractivity contribution in [1.82, 2.24) is 0 Å². The highest BCUT2D eigenvalue weighted by Gasteiger charge is 2.17. The summed E-state index contributed by atoms with van der Waals surface area (Å²) in [7, 11) is 0. The first kappa shape index (κ1) is 14.6. The topological polar surface area (TPSA) is 49.3 Å². The van der Waals surface area contributed by atoms with Gasteiger partial charge in [0.05, 0.1) is 0 Å².